The summed E-state index contributed by atoms with van der Waals surface area (Å²) in [6.45, 7) is 1.12. The van der Waals surface area contributed by atoms with Gasteiger partial charge in [0.2, 0.25) is 5.91 Å². The number of carbonyl (C=O) groups is 2. The fraction of sp³-hybridized carbons (Fsp3) is 0.467. The zero-order valence-corrected chi connectivity index (χ0v) is 12.0. The number of nitrogens with one attached hydrogen (secondary N) is 1. The van der Waals surface area contributed by atoms with Gasteiger partial charge < -0.3 is 15.3 Å². The lowest BCUT2D eigenvalue weighted by atomic mass is 10.2. The van der Waals surface area contributed by atoms with Crippen LogP contribution in [0.2, 0.25) is 0 Å². The molecule has 22 heavy (non-hydrogen) atoms. The molecule has 120 valence electrons. The molecule has 1 aliphatic rings. The predicted octanol–water partition coefficient (Wildman–Crippen LogP) is 1.07. The van der Waals surface area contributed by atoms with E-state index in [2.05, 4.69) is 5.32 Å². The van der Waals surface area contributed by atoms with Crippen LogP contribution in [0.1, 0.15) is 29.6 Å². The Labute approximate surface area is 126 Å². The lowest BCUT2D eigenvalue weighted by Crippen LogP contribution is -2.31. The molecule has 2 rings (SSSR count). The number of hydrogen-bond donors (Lipinski definition) is 2. The Bertz CT molecular complexity index is 566. The molecule has 0 saturated carbocycles. The van der Waals surface area contributed by atoms with Crippen LogP contribution in [0.3, 0.4) is 0 Å². The number of aliphatic hydroxyl groups is 1. The van der Waals surface area contributed by atoms with E-state index in [0.717, 1.165) is 12.1 Å². The van der Waals surface area contributed by atoms with Crippen molar-refractivity contribution in [2.24, 2.45) is 0 Å². The second-order valence-electron chi connectivity index (χ2n) is 5.27. The van der Waals surface area contributed by atoms with Crippen LogP contribution in [-0.2, 0) is 4.79 Å². The number of halogens is 2. The lowest BCUT2D eigenvalue weighted by Gasteiger charge is -2.15. The number of hydrogen-bond acceptors (Lipinski definition) is 3. The van der Waals surface area contributed by atoms with E-state index in [9.17, 15) is 23.5 Å². The normalized spacial score (nSPS) is 17.6. The molecule has 2 N–H and O–H groups in total. The number of carbonyl (C=O) groups excluding carboxylic acids is 2. The monoisotopic (exact) mass is 312 g/mol. The van der Waals surface area contributed by atoms with Gasteiger partial charge in [-0.3, -0.25) is 9.59 Å². The number of β-amino-alcohol motifs (C(OH)–C–C–N with tert-alkyl or cyclic N) is 1. The largest absolute Gasteiger partial charge is 0.391 e. The first kappa shape index (κ1) is 16.4. The topological polar surface area (TPSA) is 69.6 Å². The van der Waals surface area contributed by atoms with E-state index in [1.807, 2.05) is 0 Å². The third-order valence-electron chi connectivity index (χ3n) is 3.54. The molecule has 0 spiro atoms. The molecule has 1 aromatic rings. The SMILES string of the molecule is O=C(NCCCC(=O)N1CC[C@@H](O)C1)c1ccc(F)cc1F. The standard InChI is InChI=1S/C15H18F2N2O3/c16-10-3-4-12(13(17)8-10)15(22)18-6-1-2-14(21)19-7-5-11(20)9-19/h3-4,8,11,20H,1-2,5-7,9H2,(H,18,22)/t11-/m1/s1. The van der Waals surface area contributed by atoms with Gasteiger partial charge in [0.15, 0.2) is 0 Å². The average Bonchev–Trinajstić information content (AvgIpc) is 2.90. The zero-order valence-electron chi connectivity index (χ0n) is 12.0. The summed E-state index contributed by atoms with van der Waals surface area (Å²) in [5.41, 5.74) is -0.226. The van der Waals surface area contributed by atoms with E-state index in [0.29, 0.717) is 32.0 Å². The highest BCUT2D eigenvalue weighted by Crippen LogP contribution is 2.11. The van der Waals surface area contributed by atoms with Gasteiger partial charge in [-0.25, -0.2) is 8.78 Å². The first-order valence-electron chi connectivity index (χ1n) is 7.16. The summed E-state index contributed by atoms with van der Waals surface area (Å²) >= 11 is 0. The minimum absolute atomic E-state index is 0.0706. The van der Waals surface area contributed by atoms with Crippen LogP contribution in [0.25, 0.3) is 0 Å². The summed E-state index contributed by atoms with van der Waals surface area (Å²) in [6.07, 6.45) is 0.802. The van der Waals surface area contributed by atoms with E-state index >= 15 is 0 Å². The minimum atomic E-state index is -0.917. The van der Waals surface area contributed by atoms with Crippen molar-refractivity contribution in [3.05, 3.63) is 35.4 Å². The van der Waals surface area contributed by atoms with Gasteiger partial charge in [0.05, 0.1) is 11.7 Å². The summed E-state index contributed by atoms with van der Waals surface area (Å²) in [5.74, 6) is -2.37. The van der Waals surface area contributed by atoms with Gasteiger partial charge in [0, 0.05) is 32.1 Å². The number of aliphatic hydroxyl groups excluding tert-OH is 1. The average molecular weight is 312 g/mol. The Morgan fingerprint density at radius 3 is 2.77 bits per heavy atom. The summed E-state index contributed by atoms with van der Waals surface area (Å²) in [4.78, 5) is 25.1. The maximum Gasteiger partial charge on any atom is 0.254 e. The molecule has 0 bridgehead atoms. The van der Waals surface area contributed by atoms with E-state index in [4.69, 9.17) is 0 Å². The van der Waals surface area contributed by atoms with Crippen LogP contribution < -0.4 is 5.32 Å². The Hall–Kier alpha value is -2.02. The quantitative estimate of drug-likeness (QED) is 0.799. The highest BCUT2D eigenvalue weighted by molar-refractivity contribution is 5.94. The number of likely N-dealkylation sites (tertiary alicyclic amines) is 1. The van der Waals surface area contributed by atoms with Crippen molar-refractivity contribution in [1.29, 1.82) is 0 Å². The van der Waals surface area contributed by atoms with E-state index in [1.165, 1.54) is 0 Å². The van der Waals surface area contributed by atoms with E-state index < -0.39 is 23.6 Å². The summed E-state index contributed by atoms with van der Waals surface area (Å²) in [5, 5.41) is 11.8. The molecule has 0 aliphatic carbocycles. The van der Waals surface area contributed by atoms with Crippen molar-refractivity contribution >= 4 is 11.8 Å². The number of amides is 2. The van der Waals surface area contributed by atoms with Crippen molar-refractivity contribution < 1.29 is 23.5 Å². The summed E-state index contributed by atoms with van der Waals surface area (Å²) < 4.78 is 26.1. The molecule has 0 radical (unpaired) electrons. The summed E-state index contributed by atoms with van der Waals surface area (Å²) in [7, 11) is 0. The van der Waals surface area contributed by atoms with Gasteiger partial charge in [-0.1, -0.05) is 0 Å². The maximum atomic E-state index is 13.4. The molecule has 1 aliphatic heterocycles. The fourth-order valence-electron chi connectivity index (χ4n) is 2.34. The van der Waals surface area contributed by atoms with Crippen LogP contribution in [0.5, 0.6) is 0 Å². The second kappa shape index (κ2) is 7.31. The molecule has 1 saturated heterocycles. The van der Waals surface area contributed by atoms with E-state index in [1.54, 1.807) is 4.90 Å². The second-order valence-corrected chi connectivity index (χ2v) is 5.27. The molecule has 1 atom stereocenters. The maximum absolute atomic E-state index is 13.4. The minimum Gasteiger partial charge on any atom is -0.391 e. The molecule has 2 amide bonds. The Morgan fingerprint density at radius 1 is 1.36 bits per heavy atom. The van der Waals surface area contributed by atoms with Gasteiger partial charge in [-0.05, 0) is 25.0 Å². The number of benzene rings is 1. The predicted molar refractivity (Wildman–Crippen MR) is 75.1 cm³/mol. The highest BCUT2D eigenvalue weighted by atomic mass is 19.1. The van der Waals surface area contributed by atoms with Gasteiger partial charge in [0.25, 0.3) is 5.91 Å². The molecule has 0 aromatic heterocycles. The van der Waals surface area contributed by atoms with E-state index in [-0.39, 0.29) is 24.4 Å². The zero-order chi connectivity index (χ0) is 16.1. The summed E-state index contributed by atoms with van der Waals surface area (Å²) in [6, 6.07) is 2.74. The third-order valence-corrected chi connectivity index (χ3v) is 3.54. The molecular formula is C15H18F2N2O3. The lowest BCUT2D eigenvalue weighted by molar-refractivity contribution is -0.130. The van der Waals surface area contributed by atoms with Crippen molar-refractivity contribution in [2.75, 3.05) is 19.6 Å². The van der Waals surface area contributed by atoms with Crippen LogP contribution in [-0.4, -0.2) is 47.6 Å². The van der Waals surface area contributed by atoms with Gasteiger partial charge in [0.1, 0.15) is 11.6 Å². The first-order valence-corrected chi connectivity index (χ1v) is 7.16. The van der Waals surface area contributed by atoms with Crippen molar-refractivity contribution in [1.82, 2.24) is 10.2 Å². The number of nitrogens with zero attached hydrogens (tertiary/aromatic N) is 1. The van der Waals surface area contributed by atoms with Gasteiger partial charge in [-0.2, -0.15) is 0 Å². The molecule has 5 nitrogen and oxygen atoms in total. The van der Waals surface area contributed by atoms with Crippen LogP contribution in [0.15, 0.2) is 18.2 Å². The van der Waals surface area contributed by atoms with Crippen molar-refractivity contribution in [2.45, 2.75) is 25.4 Å². The third kappa shape index (κ3) is 4.24. The van der Waals surface area contributed by atoms with Crippen molar-refractivity contribution in [3.63, 3.8) is 0 Å². The fourth-order valence-corrected chi connectivity index (χ4v) is 2.34. The smallest absolute Gasteiger partial charge is 0.254 e. The van der Waals surface area contributed by atoms with Crippen LogP contribution in [0.4, 0.5) is 8.78 Å². The van der Waals surface area contributed by atoms with Crippen LogP contribution in [0, 0.1) is 11.6 Å². The molecule has 0 unspecified atom stereocenters. The Morgan fingerprint density at radius 2 is 2.14 bits per heavy atom. The number of rotatable bonds is 5. The van der Waals surface area contributed by atoms with Gasteiger partial charge >= 0.3 is 0 Å². The molecule has 1 fully saturated rings. The Kier molecular flexibility index (Phi) is 5.43. The van der Waals surface area contributed by atoms with Crippen molar-refractivity contribution in [3.8, 4) is 0 Å². The first-order chi connectivity index (χ1) is 10.5. The molecular weight excluding hydrogens is 294 g/mol. The molecule has 1 heterocycles. The van der Waals surface area contributed by atoms with Gasteiger partial charge in [-0.15, -0.1) is 0 Å². The molecule has 7 heteroatoms. The Balaban J connectivity index is 1.72. The highest BCUT2D eigenvalue weighted by Gasteiger charge is 2.23. The molecule has 1 aromatic carbocycles. The van der Waals surface area contributed by atoms with Crippen LogP contribution >= 0.6 is 0 Å².